The van der Waals surface area contributed by atoms with Crippen LogP contribution in [0, 0.1) is 0 Å². The molecule has 2 nitrogen and oxygen atoms in total. The summed E-state index contributed by atoms with van der Waals surface area (Å²) in [5.74, 6) is 0.663. The molecule has 1 aromatic rings. The predicted octanol–water partition coefficient (Wildman–Crippen LogP) is 2.42. The SMILES string of the molecule is CN(C)Cc1ccc(N(C)CCCl)cc1. The van der Waals surface area contributed by atoms with Gasteiger partial charge in [-0.25, -0.2) is 0 Å². The molecule has 0 bridgehead atoms. The highest BCUT2D eigenvalue weighted by atomic mass is 35.5. The largest absolute Gasteiger partial charge is 0.373 e. The topological polar surface area (TPSA) is 6.48 Å². The lowest BCUT2D eigenvalue weighted by Crippen LogP contribution is -2.19. The molecule has 0 N–H and O–H groups in total. The van der Waals surface area contributed by atoms with E-state index in [0.29, 0.717) is 5.88 Å². The van der Waals surface area contributed by atoms with Crippen LogP contribution in [0.15, 0.2) is 24.3 Å². The van der Waals surface area contributed by atoms with Crippen LogP contribution >= 0.6 is 11.6 Å². The van der Waals surface area contributed by atoms with Gasteiger partial charge in [-0.3, -0.25) is 0 Å². The molecule has 0 saturated heterocycles. The summed E-state index contributed by atoms with van der Waals surface area (Å²) in [7, 11) is 6.21. The summed E-state index contributed by atoms with van der Waals surface area (Å²) < 4.78 is 0. The van der Waals surface area contributed by atoms with E-state index in [1.165, 1.54) is 11.3 Å². The summed E-state index contributed by atoms with van der Waals surface area (Å²) >= 11 is 5.70. The zero-order chi connectivity index (χ0) is 11.3. The standard InChI is InChI=1S/C12H19ClN2/c1-14(2)10-11-4-6-12(7-5-11)15(3)9-8-13/h4-7H,8-10H2,1-3H3. The van der Waals surface area contributed by atoms with Gasteiger partial charge in [0.2, 0.25) is 0 Å². The third kappa shape index (κ3) is 4.10. The van der Waals surface area contributed by atoms with E-state index < -0.39 is 0 Å². The Morgan fingerprint density at radius 2 is 1.67 bits per heavy atom. The second-order valence-electron chi connectivity index (χ2n) is 4.01. The minimum absolute atomic E-state index is 0.663. The van der Waals surface area contributed by atoms with Crippen molar-refractivity contribution in [1.82, 2.24) is 4.90 Å². The van der Waals surface area contributed by atoms with E-state index in [9.17, 15) is 0 Å². The van der Waals surface area contributed by atoms with Crippen molar-refractivity contribution in [3.05, 3.63) is 29.8 Å². The molecule has 0 unspecified atom stereocenters. The van der Waals surface area contributed by atoms with Crippen LogP contribution in [0.4, 0.5) is 5.69 Å². The molecule has 0 spiro atoms. The number of hydrogen-bond acceptors (Lipinski definition) is 2. The van der Waals surface area contributed by atoms with Crippen molar-refractivity contribution >= 4 is 17.3 Å². The van der Waals surface area contributed by atoms with Crippen LogP contribution in [0.2, 0.25) is 0 Å². The van der Waals surface area contributed by atoms with Gasteiger partial charge < -0.3 is 9.80 Å². The molecule has 0 amide bonds. The molecular weight excluding hydrogens is 208 g/mol. The van der Waals surface area contributed by atoms with Crippen LogP contribution in [0.3, 0.4) is 0 Å². The molecular formula is C12H19ClN2. The van der Waals surface area contributed by atoms with Crippen molar-refractivity contribution in [3.63, 3.8) is 0 Å². The Kier molecular flexibility index (Phi) is 4.92. The van der Waals surface area contributed by atoms with E-state index >= 15 is 0 Å². The van der Waals surface area contributed by atoms with Crippen molar-refractivity contribution in [2.75, 3.05) is 38.5 Å². The third-order valence-corrected chi connectivity index (χ3v) is 2.46. The molecule has 84 valence electrons. The van der Waals surface area contributed by atoms with E-state index in [0.717, 1.165) is 13.1 Å². The molecule has 0 fully saturated rings. The molecule has 0 heterocycles. The van der Waals surface area contributed by atoms with Crippen LogP contribution < -0.4 is 4.90 Å². The average Bonchev–Trinajstić information content (AvgIpc) is 2.18. The van der Waals surface area contributed by atoms with Gasteiger partial charge in [0, 0.05) is 31.7 Å². The molecule has 0 aliphatic carbocycles. The smallest absolute Gasteiger partial charge is 0.0399 e. The fourth-order valence-corrected chi connectivity index (χ4v) is 1.73. The van der Waals surface area contributed by atoms with Gasteiger partial charge in [-0.2, -0.15) is 0 Å². The quantitative estimate of drug-likeness (QED) is 0.712. The molecule has 0 aliphatic rings. The van der Waals surface area contributed by atoms with Crippen molar-refractivity contribution in [2.24, 2.45) is 0 Å². The van der Waals surface area contributed by atoms with E-state index in [4.69, 9.17) is 11.6 Å². The maximum atomic E-state index is 5.70. The lowest BCUT2D eigenvalue weighted by atomic mass is 10.2. The van der Waals surface area contributed by atoms with Crippen molar-refractivity contribution in [1.29, 1.82) is 0 Å². The molecule has 0 atom stereocenters. The normalized spacial score (nSPS) is 10.7. The first kappa shape index (κ1) is 12.3. The molecule has 15 heavy (non-hydrogen) atoms. The first-order valence-electron chi connectivity index (χ1n) is 5.14. The zero-order valence-electron chi connectivity index (χ0n) is 9.70. The summed E-state index contributed by atoms with van der Waals surface area (Å²) in [5.41, 5.74) is 2.56. The van der Waals surface area contributed by atoms with Gasteiger partial charge in [-0.15, -0.1) is 11.6 Å². The molecule has 0 radical (unpaired) electrons. The number of alkyl halides is 1. The Bertz CT molecular complexity index is 282. The summed E-state index contributed by atoms with van der Waals surface area (Å²) in [6.45, 7) is 1.87. The van der Waals surface area contributed by atoms with Crippen LogP contribution in [-0.4, -0.2) is 38.5 Å². The molecule has 0 aliphatic heterocycles. The van der Waals surface area contributed by atoms with E-state index in [2.05, 4.69) is 55.2 Å². The van der Waals surface area contributed by atoms with Crippen LogP contribution in [0.25, 0.3) is 0 Å². The Morgan fingerprint density at radius 1 is 1.07 bits per heavy atom. The number of benzene rings is 1. The van der Waals surface area contributed by atoms with E-state index in [1.807, 2.05) is 0 Å². The number of rotatable bonds is 5. The van der Waals surface area contributed by atoms with Gasteiger partial charge in [0.25, 0.3) is 0 Å². The van der Waals surface area contributed by atoms with Gasteiger partial charge in [-0.1, -0.05) is 12.1 Å². The highest BCUT2D eigenvalue weighted by Crippen LogP contribution is 2.14. The van der Waals surface area contributed by atoms with Crippen LogP contribution in [0.1, 0.15) is 5.56 Å². The van der Waals surface area contributed by atoms with Gasteiger partial charge in [0.05, 0.1) is 0 Å². The van der Waals surface area contributed by atoms with Crippen LogP contribution in [-0.2, 0) is 6.54 Å². The number of hydrogen-bond donors (Lipinski definition) is 0. The van der Waals surface area contributed by atoms with Crippen molar-refractivity contribution in [2.45, 2.75) is 6.54 Å². The summed E-state index contributed by atoms with van der Waals surface area (Å²) in [4.78, 5) is 4.32. The number of nitrogens with zero attached hydrogens (tertiary/aromatic N) is 2. The van der Waals surface area contributed by atoms with E-state index in [-0.39, 0.29) is 0 Å². The maximum absolute atomic E-state index is 5.70. The van der Waals surface area contributed by atoms with Gasteiger partial charge in [-0.05, 0) is 31.8 Å². The molecule has 0 aromatic heterocycles. The first-order valence-corrected chi connectivity index (χ1v) is 5.67. The second kappa shape index (κ2) is 5.99. The lowest BCUT2D eigenvalue weighted by Gasteiger charge is -2.18. The fraction of sp³-hybridized carbons (Fsp3) is 0.500. The summed E-state index contributed by atoms with van der Waals surface area (Å²) in [6, 6.07) is 8.62. The Labute approximate surface area is 97.4 Å². The van der Waals surface area contributed by atoms with E-state index in [1.54, 1.807) is 0 Å². The predicted molar refractivity (Wildman–Crippen MR) is 67.8 cm³/mol. The second-order valence-corrected chi connectivity index (χ2v) is 4.39. The first-order chi connectivity index (χ1) is 7.13. The molecule has 3 heteroatoms. The van der Waals surface area contributed by atoms with Crippen molar-refractivity contribution < 1.29 is 0 Å². The number of halogens is 1. The Hall–Kier alpha value is -0.730. The highest BCUT2D eigenvalue weighted by molar-refractivity contribution is 6.18. The lowest BCUT2D eigenvalue weighted by molar-refractivity contribution is 0.402. The Morgan fingerprint density at radius 3 is 2.13 bits per heavy atom. The minimum Gasteiger partial charge on any atom is -0.373 e. The molecule has 1 aromatic carbocycles. The Balaban J connectivity index is 2.63. The number of anilines is 1. The zero-order valence-corrected chi connectivity index (χ0v) is 10.5. The monoisotopic (exact) mass is 226 g/mol. The van der Waals surface area contributed by atoms with Crippen molar-refractivity contribution in [3.8, 4) is 0 Å². The average molecular weight is 227 g/mol. The fourth-order valence-electron chi connectivity index (χ4n) is 1.48. The van der Waals surface area contributed by atoms with Gasteiger partial charge >= 0.3 is 0 Å². The van der Waals surface area contributed by atoms with Crippen LogP contribution in [0.5, 0.6) is 0 Å². The maximum Gasteiger partial charge on any atom is 0.0399 e. The van der Waals surface area contributed by atoms with Gasteiger partial charge in [0.15, 0.2) is 0 Å². The molecule has 1 rings (SSSR count). The highest BCUT2D eigenvalue weighted by Gasteiger charge is 2.00. The summed E-state index contributed by atoms with van der Waals surface area (Å²) in [6.07, 6.45) is 0. The third-order valence-electron chi connectivity index (χ3n) is 2.30. The summed E-state index contributed by atoms with van der Waals surface area (Å²) in [5, 5.41) is 0. The minimum atomic E-state index is 0.663. The van der Waals surface area contributed by atoms with Gasteiger partial charge in [0.1, 0.15) is 0 Å². The molecule has 0 saturated carbocycles.